The summed E-state index contributed by atoms with van der Waals surface area (Å²) in [6.45, 7) is 2.01. The van der Waals surface area contributed by atoms with Gasteiger partial charge in [-0.1, -0.05) is 11.6 Å². The van der Waals surface area contributed by atoms with Crippen molar-refractivity contribution in [3.05, 3.63) is 23.1 Å². The largest absolute Gasteiger partial charge is 0.462 e. The molecule has 6 nitrogen and oxygen atoms in total. The Morgan fingerprint density at radius 3 is 3.20 bits per heavy atom. The molecule has 15 heavy (non-hydrogen) atoms. The molecule has 0 atom stereocenters. The summed E-state index contributed by atoms with van der Waals surface area (Å²) in [7, 11) is 0. The molecule has 0 amide bonds. The van der Waals surface area contributed by atoms with E-state index in [9.17, 15) is 4.79 Å². The zero-order chi connectivity index (χ0) is 10.8. The van der Waals surface area contributed by atoms with Crippen LogP contribution in [0.4, 0.5) is 0 Å². The van der Waals surface area contributed by atoms with Crippen molar-refractivity contribution in [2.45, 2.75) is 6.92 Å². The van der Waals surface area contributed by atoms with E-state index in [0.29, 0.717) is 12.3 Å². The second kappa shape index (κ2) is 3.82. The quantitative estimate of drug-likeness (QED) is 0.714. The van der Waals surface area contributed by atoms with E-state index in [2.05, 4.69) is 15.3 Å². The van der Waals surface area contributed by atoms with Crippen LogP contribution in [0.1, 0.15) is 17.3 Å². The Hall–Kier alpha value is -1.69. The van der Waals surface area contributed by atoms with Gasteiger partial charge in [-0.2, -0.15) is 9.61 Å². The first kappa shape index (κ1) is 9.85. The molecular weight excluding hydrogens is 220 g/mol. The smallest absolute Gasteiger partial charge is 0.342 e. The van der Waals surface area contributed by atoms with E-state index in [1.165, 1.54) is 16.9 Å². The van der Waals surface area contributed by atoms with Crippen LogP contribution in [-0.2, 0) is 4.74 Å². The number of carbonyl (C=O) groups excluding carboxylic acids is 1. The predicted molar refractivity (Wildman–Crippen MR) is 51.7 cm³/mol. The Morgan fingerprint density at radius 1 is 1.67 bits per heavy atom. The van der Waals surface area contributed by atoms with Gasteiger partial charge < -0.3 is 4.74 Å². The minimum absolute atomic E-state index is 0.186. The summed E-state index contributed by atoms with van der Waals surface area (Å²) in [6, 6.07) is 1.41. The Kier molecular flexibility index (Phi) is 2.51. The topological polar surface area (TPSA) is 69.4 Å². The molecule has 0 spiro atoms. The van der Waals surface area contributed by atoms with Crippen molar-refractivity contribution < 1.29 is 9.53 Å². The number of ether oxygens (including phenoxy) is 1. The number of nitrogens with zero attached hydrogens (tertiary/aromatic N) is 4. The number of aromatic nitrogens is 4. The van der Waals surface area contributed by atoms with Gasteiger partial charge in [-0.15, -0.1) is 10.2 Å². The van der Waals surface area contributed by atoms with E-state index in [0.717, 1.165) is 0 Å². The number of fused-ring (bicyclic) bond motifs is 1. The van der Waals surface area contributed by atoms with E-state index < -0.39 is 5.97 Å². The molecule has 78 valence electrons. The maximum absolute atomic E-state index is 11.5. The fourth-order valence-corrected chi connectivity index (χ4v) is 1.35. The first-order chi connectivity index (χ1) is 7.22. The van der Waals surface area contributed by atoms with Crippen LogP contribution in [-0.4, -0.2) is 32.4 Å². The molecule has 0 unspecified atom stereocenters. The first-order valence-corrected chi connectivity index (χ1v) is 4.64. The number of esters is 1. The Bertz CT molecular complexity index is 510. The van der Waals surface area contributed by atoms with Crippen LogP contribution < -0.4 is 0 Å². The van der Waals surface area contributed by atoms with Gasteiger partial charge >= 0.3 is 5.97 Å². The van der Waals surface area contributed by atoms with Gasteiger partial charge in [0.2, 0.25) is 0 Å². The van der Waals surface area contributed by atoms with Crippen LogP contribution in [0, 0.1) is 0 Å². The maximum atomic E-state index is 11.5. The van der Waals surface area contributed by atoms with Crippen molar-refractivity contribution in [3.63, 3.8) is 0 Å². The predicted octanol–water partition coefficient (Wildman–Crippen LogP) is 0.954. The van der Waals surface area contributed by atoms with Crippen molar-refractivity contribution in [2.75, 3.05) is 6.61 Å². The average Bonchev–Trinajstić information content (AvgIpc) is 2.64. The fraction of sp³-hybridized carbons (Fsp3) is 0.250. The molecule has 0 aromatic carbocycles. The van der Waals surface area contributed by atoms with Crippen molar-refractivity contribution >= 4 is 23.2 Å². The Morgan fingerprint density at radius 2 is 2.47 bits per heavy atom. The summed E-state index contributed by atoms with van der Waals surface area (Å²) < 4.78 is 6.18. The van der Waals surface area contributed by atoms with Gasteiger partial charge in [0.05, 0.1) is 6.61 Å². The summed E-state index contributed by atoms with van der Waals surface area (Å²) in [4.78, 5) is 11.5. The van der Waals surface area contributed by atoms with Crippen LogP contribution in [0.15, 0.2) is 12.4 Å². The summed E-state index contributed by atoms with van der Waals surface area (Å²) >= 11 is 5.73. The van der Waals surface area contributed by atoms with Crippen molar-refractivity contribution in [1.29, 1.82) is 0 Å². The normalized spacial score (nSPS) is 10.5. The van der Waals surface area contributed by atoms with E-state index in [1.54, 1.807) is 6.92 Å². The zero-order valence-electron chi connectivity index (χ0n) is 7.85. The van der Waals surface area contributed by atoms with Crippen LogP contribution in [0.2, 0.25) is 5.15 Å². The first-order valence-electron chi connectivity index (χ1n) is 4.26. The van der Waals surface area contributed by atoms with Gasteiger partial charge in [0, 0.05) is 0 Å². The standard InChI is InChI=1S/C8H7ClN4O2/c1-2-15-8(14)5-3-6(9)12-13-4-10-11-7(5)13/h3-4H,2H2,1H3. The van der Waals surface area contributed by atoms with Crippen LogP contribution in [0.5, 0.6) is 0 Å². The highest BCUT2D eigenvalue weighted by atomic mass is 35.5. The molecule has 2 aromatic rings. The molecule has 2 aromatic heterocycles. The number of halogens is 1. The molecule has 0 saturated carbocycles. The summed E-state index contributed by atoms with van der Waals surface area (Å²) in [6.07, 6.45) is 1.37. The SMILES string of the molecule is CCOC(=O)c1cc(Cl)nn2cnnc12. The highest BCUT2D eigenvalue weighted by Gasteiger charge is 2.15. The summed E-state index contributed by atoms with van der Waals surface area (Å²) in [5.41, 5.74) is 0.590. The third-order valence-electron chi connectivity index (χ3n) is 1.73. The van der Waals surface area contributed by atoms with E-state index in [4.69, 9.17) is 16.3 Å². The molecular formula is C8H7ClN4O2. The molecule has 0 radical (unpaired) electrons. The average molecular weight is 227 g/mol. The molecule has 2 rings (SSSR count). The van der Waals surface area contributed by atoms with Gasteiger partial charge in [-0.05, 0) is 13.0 Å². The molecule has 0 fully saturated rings. The monoisotopic (exact) mass is 226 g/mol. The van der Waals surface area contributed by atoms with Gasteiger partial charge in [0.25, 0.3) is 0 Å². The number of hydrogen-bond donors (Lipinski definition) is 0. The molecule has 0 N–H and O–H groups in total. The molecule has 0 bridgehead atoms. The van der Waals surface area contributed by atoms with Crippen molar-refractivity contribution in [2.24, 2.45) is 0 Å². The van der Waals surface area contributed by atoms with Crippen LogP contribution in [0.3, 0.4) is 0 Å². The molecule has 2 heterocycles. The lowest BCUT2D eigenvalue weighted by Crippen LogP contribution is -2.08. The maximum Gasteiger partial charge on any atom is 0.342 e. The number of carbonyl (C=O) groups is 1. The molecule has 7 heteroatoms. The van der Waals surface area contributed by atoms with E-state index in [-0.39, 0.29) is 10.7 Å². The lowest BCUT2D eigenvalue weighted by molar-refractivity contribution is 0.0527. The van der Waals surface area contributed by atoms with Crippen molar-refractivity contribution in [3.8, 4) is 0 Å². The van der Waals surface area contributed by atoms with Gasteiger partial charge in [-0.3, -0.25) is 0 Å². The highest BCUT2D eigenvalue weighted by Crippen LogP contribution is 2.13. The minimum Gasteiger partial charge on any atom is -0.462 e. The van der Waals surface area contributed by atoms with Crippen molar-refractivity contribution in [1.82, 2.24) is 19.8 Å². The van der Waals surface area contributed by atoms with Gasteiger partial charge in [0.1, 0.15) is 11.9 Å². The fourth-order valence-electron chi connectivity index (χ4n) is 1.15. The van der Waals surface area contributed by atoms with Gasteiger partial charge in [0.15, 0.2) is 10.8 Å². The molecule has 0 saturated heterocycles. The third-order valence-corrected chi connectivity index (χ3v) is 1.92. The molecule has 0 aliphatic carbocycles. The van der Waals surface area contributed by atoms with Crippen LogP contribution in [0.25, 0.3) is 5.65 Å². The second-order valence-electron chi connectivity index (χ2n) is 2.70. The van der Waals surface area contributed by atoms with Crippen LogP contribution >= 0.6 is 11.6 Å². The molecule has 0 aliphatic heterocycles. The van der Waals surface area contributed by atoms with E-state index in [1.807, 2.05) is 0 Å². The second-order valence-corrected chi connectivity index (χ2v) is 3.09. The molecule has 0 aliphatic rings. The highest BCUT2D eigenvalue weighted by molar-refractivity contribution is 6.29. The zero-order valence-corrected chi connectivity index (χ0v) is 8.60. The van der Waals surface area contributed by atoms with E-state index >= 15 is 0 Å². The minimum atomic E-state index is -0.486. The summed E-state index contributed by atoms with van der Waals surface area (Å²) in [5, 5.41) is 11.5. The lowest BCUT2D eigenvalue weighted by Gasteiger charge is -2.02. The Balaban J connectivity index is 2.57. The Labute approximate surface area is 89.8 Å². The number of hydrogen-bond acceptors (Lipinski definition) is 5. The number of rotatable bonds is 2. The summed E-state index contributed by atoms with van der Waals surface area (Å²) in [5.74, 6) is -0.486. The lowest BCUT2D eigenvalue weighted by atomic mass is 10.3. The third kappa shape index (κ3) is 1.75. The van der Waals surface area contributed by atoms with Gasteiger partial charge in [-0.25, -0.2) is 4.79 Å².